The zero-order valence-corrected chi connectivity index (χ0v) is 20.3. The number of hydrogen-bond acceptors (Lipinski definition) is 5. The average Bonchev–Trinajstić information content (AvgIpc) is 2.71. The minimum atomic E-state index is -4.45. The lowest BCUT2D eigenvalue weighted by Crippen LogP contribution is -2.47. The number of carbonyl (C=O) groups excluding carboxylic acids is 1. The van der Waals surface area contributed by atoms with Crippen LogP contribution in [-0.2, 0) is 10.9 Å². The molecule has 0 spiro atoms. The fourth-order valence-corrected chi connectivity index (χ4v) is 4.72. The molecule has 0 radical (unpaired) electrons. The van der Waals surface area contributed by atoms with E-state index in [1.54, 1.807) is 0 Å². The first-order chi connectivity index (χ1) is 15.4. The molecule has 33 heavy (non-hydrogen) atoms. The number of pyridine rings is 1. The number of hydrogen-bond donors (Lipinski definition) is 1. The fourth-order valence-electron chi connectivity index (χ4n) is 4.44. The summed E-state index contributed by atoms with van der Waals surface area (Å²) < 4.78 is 43.8. The van der Waals surface area contributed by atoms with Crippen molar-refractivity contribution in [3.8, 4) is 0 Å². The SMILES string of the molecule is CC(C)(C)OC(=O)NC1CCC(CCN2CCN(c3ncc(C(F)(F)F)cc3Cl)CC2)CC1. The summed E-state index contributed by atoms with van der Waals surface area (Å²) in [4.78, 5) is 20.3. The van der Waals surface area contributed by atoms with Gasteiger partial charge >= 0.3 is 12.3 Å². The highest BCUT2D eigenvalue weighted by Gasteiger charge is 2.32. The molecule has 1 aromatic heterocycles. The highest BCUT2D eigenvalue weighted by atomic mass is 35.5. The molecule has 1 saturated heterocycles. The molecule has 186 valence electrons. The number of piperazine rings is 1. The molecule has 1 N–H and O–H groups in total. The van der Waals surface area contributed by atoms with E-state index < -0.39 is 17.3 Å². The summed E-state index contributed by atoms with van der Waals surface area (Å²) in [7, 11) is 0. The van der Waals surface area contributed by atoms with Crippen LogP contribution in [0.1, 0.15) is 58.4 Å². The van der Waals surface area contributed by atoms with E-state index in [4.69, 9.17) is 16.3 Å². The van der Waals surface area contributed by atoms with E-state index in [0.29, 0.717) is 24.8 Å². The Hall–Kier alpha value is -1.74. The molecule has 3 rings (SSSR count). The van der Waals surface area contributed by atoms with E-state index in [9.17, 15) is 18.0 Å². The molecule has 0 bridgehead atoms. The first-order valence-electron chi connectivity index (χ1n) is 11.6. The Morgan fingerprint density at radius 2 is 1.79 bits per heavy atom. The van der Waals surface area contributed by atoms with Gasteiger partial charge in [-0.3, -0.25) is 4.90 Å². The number of alkyl halides is 3. The maximum Gasteiger partial charge on any atom is 0.417 e. The smallest absolute Gasteiger partial charge is 0.417 e. The van der Waals surface area contributed by atoms with Gasteiger partial charge in [-0.25, -0.2) is 9.78 Å². The van der Waals surface area contributed by atoms with E-state index in [-0.39, 0.29) is 17.2 Å². The van der Waals surface area contributed by atoms with Gasteiger partial charge in [0.15, 0.2) is 0 Å². The lowest BCUT2D eigenvalue weighted by molar-refractivity contribution is -0.137. The number of anilines is 1. The third-order valence-corrected chi connectivity index (χ3v) is 6.52. The van der Waals surface area contributed by atoms with E-state index in [1.807, 2.05) is 25.7 Å². The predicted molar refractivity (Wildman–Crippen MR) is 123 cm³/mol. The van der Waals surface area contributed by atoms with Gasteiger partial charge < -0.3 is 15.0 Å². The number of nitrogens with zero attached hydrogens (tertiary/aromatic N) is 3. The van der Waals surface area contributed by atoms with Gasteiger partial charge in [0, 0.05) is 38.4 Å². The lowest BCUT2D eigenvalue weighted by Gasteiger charge is -2.37. The van der Waals surface area contributed by atoms with Crippen molar-refractivity contribution in [2.75, 3.05) is 37.6 Å². The van der Waals surface area contributed by atoms with Crippen molar-refractivity contribution < 1.29 is 22.7 Å². The number of ether oxygens (including phenoxy) is 1. The number of nitrogens with one attached hydrogen (secondary N) is 1. The van der Waals surface area contributed by atoms with Gasteiger partial charge in [0.25, 0.3) is 0 Å². The summed E-state index contributed by atoms with van der Waals surface area (Å²) in [5.74, 6) is 1.06. The van der Waals surface area contributed by atoms with Gasteiger partial charge in [-0.15, -0.1) is 0 Å². The summed E-state index contributed by atoms with van der Waals surface area (Å²) in [6.45, 7) is 9.60. The van der Waals surface area contributed by atoms with Gasteiger partial charge in [-0.1, -0.05) is 11.6 Å². The molecule has 1 aliphatic carbocycles. The molecule has 2 heterocycles. The third kappa shape index (κ3) is 7.91. The zero-order chi connectivity index (χ0) is 24.2. The number of alkyl carbamates (subject to hydrolysis) is 1. The maximum absolute atomic E-state index is 12.8. The molecule has 0 atom stereocenters. The number of aromatic nitrogens is 1. The van der Waals surface area contributed by atoms with Crippen LogP contribution in [0.25, 0.3) is 0 Å². The Labute approximate surface area is 198 Å². The van der Waals surface area contributed by atoms with E-state index in [1.165, 1.54) is 0 Å². The Morgan fingerprint density at radius 3 is 2.33 bits per heavy atom. The van der Waals surface area contributed by atoms with E-state index >= 15 is 0 Å². The number of carbonyl (C=O) groups is 1. The molecule has 0 aromatic carbocycles. The first-order valence-corrected chi connectivity index (χ1v) is 12.0. The topological polar surface area (TPSA) is 57.7 Å². The van der Waals surface area contributed by atoms with E-state index in [2.05, 4.69) is 15.2 Å². The van der Waals surface area contributed by atoms with Crippen LogP contribution in [0.3, 0.4) is 0 Å². The standard InChI is InChI=1S/C23H34ClF3N4O2/c1-22(2,3)33-21(32)29-18-6-4-16(5-7-18)8-9-30-10-12-31(13-11-30)20-19(24)14-17(15-28-20)23(25,26)27/h14-16,18H,4-13H2,1-3H3,(H,29,32). The molecule has 1 aromatic rings. The van der Waals surface area contributed by atoms with Crippen molar-refractivity contribution in [1.29, 1.82) is 0 Å². The Balaban J connectivity index is 1.37. The van der Waals surface area contributed by atoms with Gasteiger partial charge in [0.2, 0.25) is 0 Å². The summed E-state index contributed by atoms with van der Waals surface area (Å²) >= 11 is 6.09. The molecule has 2 fully saturated rings. The van der Waals surface area contributed by atoms with Crippen LogP contribution in [-0.4, -0.2) is 60.3 Å². The number of amides is 1. The monoisotopic (exact) mass is 490 g/mol. The van der Waals surface area contributed by atoms with Crippen LogP contribution in [0.15, 0.2) is 12.3 Å². The molecule has 6 nitrogen and oxygen atoms in total. The second kappa shape index (κ2) is 10.7. The number of rotatable bonds is 5. The van der Waals surface area contributed by atoms with Crippen LogP contribution in [0.4, 0.5) is 23.8 Å². The predicted octanol–water partition coefficient (Wildman–Crippen LogP) is 5.35. The highest BCUT2D eigenvalue weighted by molar-refractivity contribution is 6.33. The van der Waals surface area contributed by atoms with Gasteiger partial charge in [-0.05, 0) is 71.4 Å². The Morgan fingerprint density at radius 1 is 1.15 bits per heavy atom. The van der Waals surface area contributed by atoms with Crippen LogP contribution in [0.2, 0.25) is 5.02 Å². The van der Waals surface area contributed by atoms with Crippen molar-refractivity contribution in [3.63, 3.8) is 0 Å². The zero-order valence-electron chi connectivity index (χ0n) is 19.6. The van der Waals surface area contributed by atoms with Crippen LogP contribution >= 0.6 is 11.6 Å². The van der Waals surface area contributed by atoms with Crippen molar-refractivity contribution in [3.05, 3.63) is 22.8 Å². The van der Waals surface area contributed by atoms with E-state index in [0.717, 1.165) is 64.0 Å². The van der Waals surface area contributed by atoms with Gasteiger partial charge in [0.05, 0.1) is 10.6 Å². The highest BCUT2D eigenvalue weighted by Crippen LogP contribution is 2.34. The molecule has 0 unspecified atom stereocenters. The second-order valence-corrected chi connectivity index (χ2v) is 10.4. The summed E-state index contributed by atoms with van der Waals surface area (Å²) in [5.41, 5.74) is -1.31. The minimum Gasteiger partial charge on any atom is -0.444 e. The fraction of sp³-hybridized carbons (Fsp3) is 0.739. The quantitative estimate of drug-likeness (QED) is 0.603. The second-order valence-electron chi connectivity index (χ2n) is 10.0. The molecule has 2 aliphatic rings. The minimum absolute atomic E-state index is 0.0371. The largest absolute Gasteiger partial charge is 0.444 e. The van der Waals surface area contributed by atoms with Gasteiger partial charge in [-0.2, -0.15) is 13.2 Å². The normalized spacial score (nSPS) is 22.8. The molecule has 1 aliphatic heterocycles. The van der Waals surface area contributed by atoms with Crippen molar-refractivity contribution in [1.82, 2.24) is 15.2 Å². The van der Waals surface area contributed by atoms with Gasteiger partial charge in [0.1, 0.15) is 11.4 Å². The molecule has 10 heteroatoms. The summed E-state index contributed by atoms with van der Waals surface area (Å²) in [5, 5.41) is 3.02. The number of halogens is 4. The van der Waals surface area contributed by atoms with Crippen LogP contribution in [0.5, 0.6) is 0 Å². The Bertz CT molecular complexity index is 800. The Kier molecular flexibility index (Phi) is 8.37. The lowest BCUT2D eigenvalue weighted by atomic mass is 9.84. The van der Waals surface area contributed by atoms with Crippen molar-refractivity contribution >= 4 is 23.5 Å². The molecule has 1 saturated carbocycles. The van der Waals surface area contributed by atoms with Crippen LogP contribution in [0, 0.1) is 5.92 Å². The molecular formula is C23H34ClF3N4O2. The average molecular weight is 491 g/mol. The van der Waals surface area contributed by atoms with Crippen molar-refractivity contribution in [2.45, 2.75) is 70.7 Å². The summed E-state index contributed by atoms with van der Waals surface area (Å²) in [6.07, 6.45) is 1.29. The van der Waals surface area contributed by atoms with Crippen molar-refractivity contribution in [2.24, 2.45) is 5.92 Å². The maximum atomic E-state index is 12.8. The first kappa shape index (κ1) is 25.9. The summed E-state index contributed by atoms with van der Waals surface area (Å²) in [6, 6.07) is 1.13. The third-order valence-electron chi connectivity index (χ3n) is 6.24. The van der Waals surface area contributed by atoms with Crippen LogP contribution < -0.4 is 10.2 Å². The molecular weight excluding hydrogens is 457 g/mol. The molecule has 1 amide bonds.